The molecule has 140 valence electrons. The molecule has 4 rings (SSSR count). The fraction of sp³-hybridized carbons (Fsp3) is 0.100. The van der Waals surface area contributed by atoms with Gasteiger partial charge in [-0.2, -0.15) is 0 Å². The molecule has 28 heavy (non-hydrogen) atoms. The van der Waals surface area contributed by atoms with E-state index in [9.17, 15) is 4.79 Å². The maximum absolute atomic E-state index is 12.3. The minimum absolute atomic E-state index is 0.168. The average molecular weight is 427 g/mol. The van der Waals surface area contributed by atoms with E-state index in [0.717, 1.165) is 21.1 Å². The van der Waals surface area contributed by atoms with Crippen LogP contribution in [0.2, 0.25) is 5.02 Å². The molecule has 1 N–H and O–H groups in total. The molecule has 0 atom stereocenters. The van der Waals surface area contributed by atoms with E-state index in [2.05, 4.69) is 20.5 Å². The topological polar surface area (TPSA) is 67.8 Å². The number of carbonyl (C=O) groups is 1. The Morgan fingerprint density at radius 3 is 2.64 bits per heavy atom. The van der Waals surface area contributed by atoms with Crippen molar-refractivity contribution in [1.29, 1.82) is 0 Å². The molecule has 0 saturated heterocycles. The summed E-state index contributed by atoms with van der Waals surface area (Å²) in [6.07, 6.45) is 0.871. The van der Waals surface area contributed by atoms with Crippen LogP contribution in [0.15, 0.2) is 60.0 Å². The fourth-order valence-electron chi connectivity index (χ4n) is 2.62. The second-order valence-corrected chi connectivity index (χ2v) is 8.34. The Balaban J connectivity index is 1.37. The van der Waals surface area contributed by atoms with Gasteiger partial charge in [0.1, 0.15) is 10.0 Å². The molecule has 0 bridgehead atoms. The third-order valence-electron chi connectivity index (χ3n) is 3.91. The number of hydrogen-bond donors (Lipinski definition) is 1. The number of aromatic nitrogens is 3. The summed E-state index contributed by atoms with van der Waals surface area (Å²) in [6.45, 7) is 0. The van der Waals surface area contributed by atoms with Crippen LogP contribution in [0, 0.1) is 0 Å². The lowest BCUT2D eigenvalue weighted by molar-refractivity contribution is -0.115. The third-order valence-corrected chi connectivity index (χ3v) is 6.00. The molecular formula is C20H15ClN4OS2. The van der Waals surface area contributed by atoms with Crippen LogP contribution in [-0.2, 0) is 17.6 Å². The molecule has 2 aromatic carbocycles. The van der Waals surface area contributed by atoms with Crippen LogP contribution in [0.25, 0.3) is 10.6 Å². The van der Waals surface area contributed by atoms with Crippen molar-refractivity contribution >= 4 is 45.3 Å². The van der Waals surface area contributed by atoms with Gasteiger partial charge in [-0.25, -0.2) is 4.98 Å². The monoisotopic (exact) mass is 426 g/mol. The maximum Gasteiger partial charge on any atom is 0.232 e. The van der Waals surface area contributed by atoms with Crippen molar-refractivity contribution in [2.75, 3.05) is 5.32 Å². The number of thiazole rings is 1. The maximum atomic E-state index is 12.3. The van der Waals surface area contributed by atoms with E-state index in [1.165, 1.54) is 22.7 Å². The largest absolute Gasteiger partial charge is 0.300 e. The Hall–Kier alpha value is -2.61. The molecule has 0 aliphatic rings. The molecular weight excluding hydrogens is 412 g/mol. The molecule has 0 unspecified atom stereocenters. The number of anilines is 1. The van der Waals surface area contributed by atoms with E-state index in [-0.39, 0.29) is 12.3 Å². The number of carbonyl (C=O) groups excluding carboxylic acids is 1. The summed E-state index contributed by atoms with van der Waals surface area (Å²) in [5.74, 6) is -0.168. The highest BCUT2D eigenvalue weighted by Gasteiger charge is 2.13. The predicted molar refractivity (Wildman–Crippen MR) is 114 cm³/mol. The molecule has 0 fully saturated rings. The first-order valence-electron chi connectivity index (χ1n) is 8.53. The molecule has 0 aliphatic carbocycles. The van der Waals surface area contributed by atoms with Crippen molar-refractivity contribution < 1.29 is 4.79 Å². The van der Waals surface area contributed by atoms with Crippen LogP contribution < -0.4 is 5.32 Å². The minimum Gasteiger partial charge on any atom is -0.300 e. The van der Waals surface area contributed by atoms with Gasteiger partial charge in [0.25, 0.3) is 0 Å². The van der Waals surface area contributed by atoms with Crippen molar-refractivity contribution in [3.63, 3.8) is 0 Å². The summed E-state index contributed by atoms with van der Waals surface area (Å²) in [4.78, 5) is 16.9. The van der Waals surface area contributed by atoms with Crippen LogP contribution in [0.4, 0.5) is 5.13 Å². The number of hydrogen-bond acceptors (Lipinski definition) is 6. The van der Waals surface area contributed by atoms with Crippen molar-refractivity contribution in [2.45, 2.75) is 12.8 Å². The van der Waals surface area contributed by atoms with Crippen LogP contribution in [0.1, 0.15) is 16.3 Å². The highest BCUT2D eigenvalue weighted by molar-refractivity contribution is 7.15. The number of benzene rings is 2. The lowest BCUT2D eigenvalue weighted by atomic mass is 10.2. The van der Waals surface area contributed by atoms with Gasteiger partial charge >= 0.3 is 0 Å². The Morgan fingerprint density at radius 1 is 1.04 bits per heavy atom. The first-order valence-corrected chi connectivity index (χ1v) is 10.6. The Morgan fingerprint density at radius 2 is 1.82 bits per heavy atom. The molecule has 8 heteroatoms. The predicted octanol–water partition coefficient (Wildman–Crippen LogP) is 5.09. The second-order valence-electron chi connectivity index (χ2n) is 6.01. The van der Waals surface area contributed by atoms with Gasteiger partial charge in [0.2, 0.25) is 11.0 Å². The molecule has 0 spiro atoms. The Labute approximate surface area is 175 Å². The van der Waals surface area contributed by atoms with Crippen LogP contribution in [-0.4, -0.2) is 21.1 Å². The first kappa shape index (κ1) is 18.7. The summed E-state index contributed by atoms with van der Waals surface area (Å²) in [5, 5.41) is 15.7. The number of nitrogens with zero attached hydrogens (tertiary/aromatic N) is 3. The van der Waals surface area contributed by atoms with Crippen LogP contribution in [0.3, 0.4) is 0 Å². The first-order chi connectivity index (χ1) is 13.7. The van der Waals surface area contributed by atoms with Crippen LogP contribution in [0.5, 0.6) is 0 Å². The lowest BCUT2D eigenvalue weighted by Crippen LogP contribution is -2.14. The average Bonchev–Trinajstić information content (AvgIpc) is 3.32. The van der Waals surface area contributed by atoms with Crippen molar-refractivity contribution in [2.24, 2.45) is 0 Å². The van der Waals surface area contributed by atoms with E-state index in [1.54, 1.807) is 0 Å². The Kier molecular flexibility index (Phi) is 5.76. The molecule has 1 amide bonds. The number of rotatable bonds is 6. The minimum atomic E-state index is -0.168. The van der Waals surface area contributed by atoms with E-state index < -0.39 is 0 Å². The Bertz CT molecular complexity index is 1090. The second kappa shape index (κ2) is 8.60. The highest BCUT2D eigenvalue weighted by Crippen LogP contribution is 2.30. The van der Waals surface area contributed by atoms with E-state index in [4.69, 9.17) is 11.6 Å². The number of halogens is 1. The third kappa shape index (κ3) is 4.62. The number of nitrogens with one attached hydrogen (secondary N) is 1. The molecule has 0 radical (unpaired) electrons. The quantitative estimate of drug-likeness (QED) is 0.466. The molecule has 0 saturated carbocycles. The standard InChI is InChI=1S/C20H15ClN4OS2/c21-16-9-5-4-8-15(16)19-22-14(12-27-19)11-17(26)23-20-25-24-18(28-20)10-13-6-2-1-3-7-13/h1-9,12H,10-11H2,(H,23,25,26). The summed E-state index contributed by atoms with van der Waals surface area (Å²) < 4.78 is 0. The molecule has 0 aliphatic heterocycles. The summed E-state index contributed by atoms with van der Waals surface area (Å²) in [7, 11) is 0. The smallest absolute Gasteiger partial charge is 0.232 e. The van der Waals surface area contributed by atoms with Crippen molar-refractivity contribution in [3.05, 3.63) is 81.3 Å². The van der Waals surface area contributed by atoms with Gasteiger partial charge in [-0.05, 0) is 11.6 Å². The summed E-state index contributed by atoms with van der Waals surface area (Å²) >= 11 is 9.07. The van der Waals surface area contributed by atoms with Gasteiger partial charge in [0.05, 0.1) is 17.1 Å². The van der Waals surface area contributed by atoms with Gasteiger partial charge in [0, 0.05) is 17.4 Å². The normalized spacial score (nSPS) is 10.8. The van der Waals surface area contributed by atoms with Crippen molar-refractivity contribution in [3.8, 4) is 10.6 Å². The number of amides is 1. The zero-order valence-corrected chi connectivity index (χ0v) is 17.0. The van der Waals surface area contributed by atoms with Crippen LogP contribution >= 0.6 is 34.3 Å². The zero-order chi connectivity index (χ0) is 19.3. The molecule has 5 nitrogen and oxygen atoms in total. The van der Waals surface area contributed by atoms with Gasteiger partial charge in [0.15, 0.2) is 0 Å². The molecule has 2 heterocycles. The van der Waals surface area contributed by atoms with Gasteiger partial charge in [-0.15, -0.1) is 21.5 Å². The molecule has 2 aromatic heterocycles. The van der Waals surface area contributed by atoms with E-state index in [1.807, 2.05) is 60.0 Å². The van der Waals surface area contributed by atoms with Gasteiger partial charge in [-0.1, -0.05) is 71.5 Å². The van der Waals surface area contributed by atoms with Gasteiger partial charge < -0.3 is 5.32 Å². The summed E-state index contributed by atoms with van der Waals surface area (Å²) in [6, 6.07) is 17.6. The van der Waals surface area contributed by atoms with E-state index >= 15 is 0 Å². The summed E-state index contributed by atoms with van der Waals surface area (Å²) in [5.41, 5.74) is 2.73. The molecule has 4 aromatic rings. The van der Waals surface area contributed by atoms with E-state index in [0.29, 0.717) is 22.3 Å². The highest BCUT2D eigenvalue weighted by atomic mass is 35.5. The van der Waals surface area contributed by atoms with Crippen molar-refractivity contribution in [1.82, 2.24) is 15.2 Å². The van der Waals surface area contributed by atoms with Gasteiger partial charge in [-0.3, -0.25) is 4.79 Å². The lowest BCUT2D eigenvalue weighted by Gasteiger charge is -2.00. The SMILES string of the molecule is O=C(Cc1csc(-c2ccccc2Cl)n1)Nc1nnc(Cc2ccccc2)s1. The zero-order valence-electron chi connectivity index (χ0n) is 14.6. The fourth-order valence-corrected chi connectivity index (χ4v) is 4.55.